The number of aliphatic carboxylic acids is 1. The standard InChI is InChI=1S/C25H28N2O5/c1-15(2)13-25(23(29)30)12-11-21(22(28)27-25)26-24(31)32-14-20-18-9-5-3-7-16(18)17-8-4-6-10-19(17)20/h3-10,15,20-21H,11-14H2,1-2H3,(H,26,31)(H,27,28)(H,29,30)/t21-,25+/m1/s1. The minimum absolute atomic E-state index is 0.0703. The lowest BCUT2D eigenvalue weighted by molar-refractivity contribution is -0.151. The molecule has 1 aliphatic carbocycles. The SMILES string of the molecule is CC(C)C[C@]1(C(=O)O)CC[C@@H](NC(=O)OCC2c3ccccc3-c3ccccc32)C(=O)N1. The number of piperidine rings is 1. The number of alkyl carbamates (subject to hydrolysis) is 1. The number of amides is 2. The molecule has 7 nitrogen and oxygen atoms in total. The highest BCUT2D eigenvalue weighted by molar-refractivity contribution is 5.92. The predicted octanol–water partition coefficient (Wildman–Crippen LogP) is 3.67. The van der Waals surface area contributed by atoms with Crippen LogP contribution in [0.3, 0.4) is 0 Å². The number of nitrogens with one attached hydrogen (secondary N) is 2. The van der Waals surface area contributed by atoms with Gasteiger partial charge in [-0.1, -0.05) is 62.4 Å². The van der Waals surface area contributed by atoms with Crippen molar-refractivity contribution < 1.29 is 24.2 Å². The molecule has 168 valence electrons. The Kier molecular flexibility index (Phi) is 5.91. The van der Waals surface area contributed by atoms with E-state index in [1.165, 1.54) is 0 Å². The zero-order valence-electron chi connectivity index (χ0n) is 18.3. The molecule has 0 bridgehead atoms. The predicted molar refractivity (Wildman–Crippen MR) is 119 cm³/mol. The van der Waals surface area contributed by atoms with Crippen LogP contribution in [0.2, 0.25) is 0 Å². The molecule has 0 unspecified atom stereocenters. The molecule has 3 N–H and O–H groups in total. The lowest BCUT2D eigenvalue weighted by atomic mass is 9.80. The minimum Gasteiger partial charge on any atom is -0.480 e. The van der Waals surface area contributed by atoms with E-state index in [1.807, 2.05) is 50.2 Å². The van der Waals surface area contributed by atoms with Crippen LogP contribution in [0.4, 0.5) is 4.79 Å². The van der Waals surface area contributed by atoms with Gasteiger partial charge in [0.15, 0.2) is 0 Å². The van der Waals surface area contributed by atoms with E-state index in [9.17, 15) is 19.5 Å². The number of carboxylic acid groups (broad SMARTS) is 1. The highest BCUT2D eigenvalue weighted by atomic mass is 16.5. The first-order valence-corrected chi connectivity index (χ1v) is 11.0. The minimum atomic E-state index is -1.29. The molecule has 2 aromatic carbocycles. The van der Waals surface area contributed by atoms with Gasteiger partial charge in [0.05, 0.1) is 0 Å². The second-order valence-electron chi connectivity index (χ2n) is 9.04. The molecule has 2 aromatic rings. The smallest absolute Gasteiger partial charge is 0.407 e. The molecular weight excluding hydrogens is 408 g/mol. The Morgan fingerprint density at radius 2 is 1.72 bits per heavy atom. The fraction of sp³-hybridized carbons (Fsp3) is 0.400. The van der Waals surface area contributed by atoms with Gasteiger partial charge in [0.25, 0.3) is 0 Å². The Morgan fingerprint density at radius 3 is 2.25 bits per heavy atom. The van der Waals surface area contributed by atoms with Gasteiger partial charge in [-0.05, 0) is 47.4 Å². The summed E-state index contributed by atoms with van der Waals surface area (Å²) in [4.78, 5) is 36.9. The molecule has 32 heavy (non-hydrogen) atoms. The van der Waals surface area contributed by atoms with Crippen molar-refractivity contribution in [3.63, 3.8) is 0 Å². The molecule has 1 saturated heterocycles. The normalized spacial score (nSPS) is 22.1. The third-order valence-corrected chi connectivity index (χ3v) is 6.34. The highest BCUT2D eigenvalue weighted by Crippen LogP contribution is 2.44. The van der Waals surface area contributed by atoms with Gasteiger partial charge in [-0.3, -0.25) is 4.79 Å². The Morgan fingerprint density at radius 1 is 1.12 bits per heavy atom. The maximum atomic E-state index is 12.6. The lowest BCUT2D eigenvalue weighted by Gasteiger charge is -2.38. The Balaban J connectivity index is 1.38. The fourth-order valence-corrected chi connectivity index (χ4v) is 4.93. The number of rotatable bonds is 6. The van der Waals surface area contributed by atoms with E-state index in [2.05, 4.69) is 22.8 Å². The number of ether oxygens (including phenoxy) is 1. The zero-order chi connectivity index (χ0) is 22.9. The molecular formula is C25H28N2O5. The first kappa shape index (κ1) is 21.9. The molecule has 0 aromatic heterocycles. The van der Waals surface area contributed by atoms with Crippen molar-refractivity contribution in [3.05, 3.63) is 59.7 Å². The molecule has 0 spiro atoms. The third-order valence-electron chi connectivity index (χ3n) is 6.34. The van der Waals surface area contributed by atoms with Crippen molar-refractivity contribution in [1.82, 2.24) is 10.6 Å². The number of carbonyl (C=O) groups excluding carboxylic acids is 2. The fourth-order valence-electron chi connectivity index (χ4n) is 4.93. The Hall–Kier alpha value is -3.35. The molecule has 2 atom stereocenters. The van der Waals surface area contributed by atoms with Gasteiger partial charge in [-0.2, -0.15) is 0 Å². The molecule has 2 aliphatic rings. The van der Waals surface area contributed by atoms with E-state index in [4.69, 9.17) is 4.74 Å². The molecule has 1 heterocycles. The molecule has 1 fully saturated rings. The van der Waals surface area contributed by atoms with Crippen LogP contribution in [0.1, 0.15) is 50.2 Å². The molecule has 7 heteroatoms. The summed E-state index contributed by atoms with van der Waals surface area (Å²) in [5.74, 6) is -1.50. The number of benzene rings is 2. The van der Waals surface area contributed by atoms with E-state index < -0.39 is 29.6 Å². The van der Waals surface area contributed by atoms with Gasteiger partial charge in [-0.15, -0.1) is 0 Å². The van der Waals surface area contributed by atoms with Crippen LogP contribution < -0.4 is 10.6 Å². The monoisotopic (exact) mass is 436 g/mol. The maximum absolute atomic E-state index is 12.6. The molecule has 0 radical (unpaired) electrons. The number of carbonyl (C=O) groups is 3. The van der Waals surface area contributed by atoms with Gasteiger partial charge in [0, 0.05) is 5.92 Å². The quantitative estimate of drug-likeness (QED) is 0.641. The van der Waals surface area contributed by atoms with Gasteiger partial charge in [-0.25, -0.2) is 9.59 Å². The van der Waals surface area contributed by atoms with Crippen molar-refractivity contribution >= 4 is 18.0 Å². The number of carboxylic acids is 1. The van der Waals surface area contributed by atoms with E-state index in [-0.39, 0.29) is 31.3 Å². The van der Waals surface area contributed by atoms with Crippen molar-refractivity contribution in [2.24, 2.45) is 5.92 Å². The summed E-state index contributed by atoms with van der Waals surface area (Å²) in [5.41, 5.74) is 3.21. The van der Waals surface area contributed by atoms with Crippen LogP contribution >= 0.6 is 0 Å². The van der Waals surface area contributed by atoms with Crippen molar-refractivity contribution in [2.45, 2.75) is 50.6 Å². The first-order valence-electron chi connectivity index (χ1n) is 11.0. The van der Waals surface area contributed by atoms with Gasteiger partial charge in [0.1, 0.15) is 18.2 Å². The molecule has 4 rings (SSSR count). The van der Waals surface area contributed by atoms with Crippen LogP contribution in [-0.4, -0.2) is 41.3 Å². The molecule has 1 aliphatic heterocycles. The highest BCUT2D eigenvalue weighted by Gasteiger charge is 2.46. The van der Waals surface area contributed by atoms with E-state index in [1.54, 1.807) is 0 Å². The largest absolute Gasteiger partial charge is 0.480 e. The van der Waals surface area contributed by atoms with Gasteiger partial charge >= 0.3 is 12.1 Å². The summed E-state index contributed by atoms with van der Waals surface area (Å²) < 4.78 is 5.51. The Labute approximate surface area is 187 Å². The second-order valence-corrected chi connectivity index (χ2v) is 9.04. The van der Waals surface area contributed by atoms with Crippen LogP contribution in [0.15, 0.2) is 48.5 Å². The van der Waals surface area contributed by atoms with Crippen molar-refractivity contribution in [1.29, 1.82) is 0 Å². The topological polar surface area (TPSA) is 105 Å². The van der Waals surface area contributed by atoms with Gasteiger partial charge in [0.2, 0.25) is 5.91 Å². The van der Waals surface area contributed by atoms with Crippen molar-refractivity contribution in [3.8, 4) is 11.1 Å². The number of hydrogen-bond donors (Lipinski definition) is 3. The van der Waals surface area contributed by atoms with Crippen LogP contribution in [0.25, 0.3) is 11.1 Å². The van der Waals surface area contributed by atoms with Crippen LogP contribution in [0, 0.1) is 5.92 Å². The Bertz CT molecular complexity index is 1000. The van der Waals surface area contributed by atoms with Crippen LogP contribution in [0.5, 0.6) is 0 Å². The average molecular weight is 437 g/mol. The number of hydrogen-bond acceptors (Lipinski definition) is 4. The third kappa shape index (κ3) is 4.07. The first-order chi connectivity index (χ1) is 15.3. The van der Waals surface area contributed by atoms with E-state index in [0.29, 0.717) is 6.42 Å². The van der Waals surface area contributed by atoms with Gasteiger partial charge < -0.3 is 20.5 Å². The maximum Gasteiger partial charge on any atom is 0.407 e. The second kappa shape index (κ2) is 8.65. The average Bonchev–Trinajstić information content (AvgIpc) is 3.07. The molecule has 2 amide bonds. The summed E-state index contributed by atoms with van der Waals surface area (Å²) >= 11 is 0. The molecule has 0 saturated carbocycles. The summed E-state index contributed by atoms with van der Waals surface area (Å²) in [5, 5.41) is 14.9. The zero-order valence-corrected chi connectivity index (χ0v) is 18.3. The lowest BCUT2D eigenvalue weighted by Crippen LogP contribution is -2.64. The summed E-state index contributed by atoms with van der Waals surface area (Å²) in [6, 6.07) is 15.3. The summed E-state index contributed by atoms with van der Waals surface area (Å²) in [6.07, 6.45) is 0.153. The van der Waals surface area contributed by atoms with E-state index >= 15 is 0 Å². The summed E-state index contributed by atoms with van der Waals surface area (Å²) in [6.45, 7) is 3.98. The summed E-state index contributed by atoms with van der Waals surface area (Å²) in [7, 11) is 0. The number of fused-ring (bicyclic) bond motifs is 3. The van der Waals surface area contributed by atoms with Crippen molar-refractivity contribution in [2.75, 3.05) is 6.61 Å². The van der Waals surface area contributed by atoms with E-state index in [0.717, 1.165) is 22.3 Å². The van der Waals surface area contributed by atoms with Crippen LogP contribution in [-0.2, 0) is 14.3 Å².